The molecule has 1 rings (SSSR count). The average Bonchev–Trinajstić information content (AvgIpc) is 2.28. The molecule has 1 aromatic heterocycles. The second-order valence-electron chi connectivity index (χ2n) is 4.01. The van der Waals surface area contributed by atoms with E-state index in [4.69, 9.17) is 5.11 Å². The van der Waals surface area contributed by atoms with Gasteiger partial charge in [0.15, 0.2) is 0 Å². The molecule has 1 unspecified atom stereocenters. The van der Waals surface area contributed by atoms with Crippen LogP contribution in [0.3, 0.4) is 0 Å². The Morgan fingerprint density at radius 3 is 2.83 bits per heavy atom. The van der Waals surface area contributed by atoms with Gasteiger partial charge in [0.1, 0.15) is 10.3 Å². The van der Waals surface area contributed by atoms with Crippen molar-refractivity contribution in [2.75, 3.05) is 0 Å². The van der Waals surface area contributed by atoms with E-state index in [0.29, 0.717) is 23.1 Å². The molecule has 0 saturated carbocycles. The van der Waals surface area contributed by atoms with Gasteiger partial charge in [0, 0.05) is 12.5 Å². The molecule has 98 valence electrons. The predicted molar refractivity (Wildman–Crippen MR) is 70.4 cm³/mol. The van der Waals surface area contributed by atoms with Crippen LogP contribution in [0.1, 0.15) is 36.7 Å². The van der Waals surface area contributed by atoms with Gasteiger partial charge >= 0.3 is 5.97 Å². The molecule has 0 bridgehead atoms. The van der Waals surface area contributed by atoms with Gasteiger partial charge in [-0.15, -0.1) is 0 Å². The summed E-state index contributed by atoms with van der Waals surface area (Å²) in [6.45, 7) is 1.84. The fourth-order valence-electron chi connectivity index (χ4n) is 1.46. The smallest absolute Gasteiger partial charge is 0.303 e. The number of amides is 1. The summed E-state index contributed by atoms with van der Waals surface area (Å²) < 4.78 is 0.605. The maximum Gasteiger partial charge on any atom is 0.303 e. The minimum absolute atomic E-state index is 0.0716. The second-order valence-corrected chi connectivity index (χ2v) is 4.82. The quantitative estimate of drug-likeness (QED) is 0.789. The van der Waals surface area contributed by atoms with Crippen LogP contribution in [0.15, 0.2) is 22.8 Å². The van der Waals surface area contributed by atoms with Crippen molar-refractivity contribution in [2.45, 2.75) is 32.2 Å². The van der Waals surface area contributed by atoms with E-state index in [9.17, 15) is 9.59 Å². The highest BCUT2D eigenvalue weighted by Gasteiger charge is 2.11. The fourth-order valence-corrected chi connectivity index (χ4v) is 1.81. The molecule has 0 aromatic carbocycles. The third-order valence-electron chi connectivity index (χ3n) is 2.35. The summed E-state index contributed by atoms with van der Waals surface area (Å²) in [6, 6.07) is 5.04. The van der Waals surface area contributed by atoms with Crippen molar-refractivity contribution in [3.8, 4) is 0 Å². The van der Waals surface area contributed by atoms with E-state index in [1.165, 1.54) is 0 Å². The molecule has 1 atom stereocenters. The summed E-state index contributed by atoms with van der Waals surface area (Å²) in [4.78, 5) is 26.2. The molecule has 0 radical (unpaired) electrons. The number of hydrogen-bond donors (Lipinski definition) is 2. The van der Waals surface area contributed by atoms with E-state index in [2.05, 4.69) is 26.2 Å². The van der Waals surface area contributed by atoms with E-state index in [1.807, 2.05) is 6.92 Å². The van der Waals surface area contributed by atoms with Crippen molar-refractivity contribution in [3.63, 3.8) is 0 Å². The van der Waals surface area contributed by atoms with Crippen molar-refractivity contribution < 1.29 is 14.7 Å². The van der Waals surface area contributed by atoms with Gasteiger partial charge in [-0.2, -0.15) is 0 Å². The van der Waals surface area contributed by atoms with Crippen molar-refractivity contribution in [2.24, 2.45) is 0 Å². The van der Waals surface area contributed by atoms with Crippen LogP contribution in [0, 0.1) is 0 Å². The molecule has 18 heavy (non-hydrogen) atoms. The SMILES string of the molecule is CC(CCCC(=O)O)NC(=O)c1cccc(Br)n1. The maximum absolute atomic E-state index is 11.8. The van der Waals surface area contributed by atoms with E-state index < -0.39 is 5.97 Å². The molecule has 0 aliphatic heterocycles. The van der Waals surface area contributed by atoms with Crippen LogP contribution >= 0.6 is 15.9 Å². The van der Waals surface area contributed by atoms with Crippen LogP contribution in [0.5, 0.6) is 0 Å². The van der Waals surface area contributed by atoms with Crippen LogP contribution in [0.2, 0.25) is 0 Å². The molecular formula is C12H15BrN2O3. The number of halogens is 1. The lowest BCUT2D eigenvalue weighted by atomic mass is 10.1. The monoisotopic (exact) mass is 314 g/mol. The van der Waals surface area contributed by atoms with Crippen LogP contribution in [-0.4, -0.2) is 28.0 Å². The zero-order valence-corrected chi connectivity index (χ0v) is 11.6. The zero-order valence-electron chi connectivity index (χ0n) is 10.0. The largest absolute Gasteiger partial charge is 0.481 e. The number of carbonyl (C=O) groups excluding carboxylic acids is 1. The molecular weight excluding hydrogens is 300 g/mol. The lowest BCUT2D eigenvalue weighted by Gasteiger charge is -2.12. The minimum atomic E-state index is -0.817. The number of pyridine rings is 1. The lowest BCUT2D eigenvalue weighted by Crippen LogP contribution is -2.33. The van der Waals surface area contributed by atoms with Gasteiger partial charge in [0.2, 0.25) is 0 Å². The Morgan fingerprint density at radius 2 is 2.22 bits per heavy atom. The number of rotatable bonds is 6. The molecule has 6 heteroatoms. The van der Waals surface area contributed by atoms with Gasteiger partial charge in [0.25, 0.3) is 5.91 Å². The maximum atomic E-state index is 11.8. The van der Waals surface area contributed by atoms with E-state index in [0.717, 1.165) is 0 Å². The first-order valence-electron chi connectivity index (χ1n) is 5.64. The first kappa shape index (κ1) is 14.6. The van der Waals surface area contributed by atoms with Gasteiger partial charge in [-0.3, -0.25) is 9.59 Å². The topological polar surface area (TPSA) is 79.3 Å². The highest BCUT2D eigenvalue weighted by atomic mass is 79.9. The molecule has 0 saturated heterocycles. The lowest BCUT2D eigenvalue weighted by molar-refractivity contribution is -0.137. The Bertz CT molecular complexity index is 437. The summed E-state index contributed by atoms with van der Waals surface area (Å²) in [7, 11) is 0. The molecule has 0 spiro atoms. The summed E-state index contributed by atoms with van der Waals surface area (Å²) >= 11 is 3.20. The normalized spacial score (nSPS) is 11.9. The Hall–Kier alpha value is -1.43. The van der Waals surface area contributed by atoms with Crippen LogP contribution in [0.25, 0.3) is 0 Å². The molecule has 5 nitrogen and oxygen atoms in total. The van der Waals surface area contributed by atoms with Crippen molar-refractivity contribution >= 4 is 27.8 Å². The first-order chi connectivity index (χ1) is 8.49. The van der Waals surface area contributed by atoms with Crippen molar-refractivity contribution in [3.05, 3.63) is 28.5 Å². The number of carbonyl (C=O) groups is 2. The van der Waals surface area contributed by atoms with E-state index in [1.54, 1.807) is 18.2 Å². The fraction of sp³-hybridized carbons (Fsp3) is 0.417. The van der Waals surface area contributed by atoms with Crippen LogP contribution in [0.4, 0.5) is 0 Å². The zero-order chi connectivity index (χ0) is 13.5. The molecule has 0 aliphatic carbocycles. The summed E-state index contributed by atoms with van der Waals surface area (Å²) in [5, 5.41) is 11.3. The van der Waals surface area contributed by atoms with Crippen LogP contribution in [-0.2, 0) is 4.79 Å². The van der Waals surface area contributed by atoms with Gasteiger partial charge in [0.05, 0.1) is 0 Å². The predicted octanol–water partition coefficient (Wildman–Crippen LogP) is 2.22. The molecule has 2 N–H and O–H groups in total. The number of aliphatic carboxylic acids is 1. The van der Waals surface area contributed by atoms with Gasteiger partial charge in [-0.05, 0) is 47.8 Å². The summed E-state index contributed by atoms with van der Waals surface area (Å²) in [5.41, 5.74) is 0.342. The Labute approximate surface area is 114 Å². The molecule has 1 heterocycles. The van der Waals surface area contributed by atoms with E-state index >= 15 is 0 Å². The van der Waals surface area contributed by atoms with Gasteiger partial charge in [-0.1, -0.05) is 6.07 Å². The number of hydrogen-bond acceptors (Lipinski definition) is 3. The summed E-state index contributed by atoms with van der Waals surface area (Å²) in [5.74, 6) is -1.07. The number of carboxylic acid groups (broad SMARTS) is 1. The van der Waals surface area contributed by atoms with Crippen LogP contribution < -0.4 is 5.32 Å². The third-order valence-corrected chi connectivity index (χ3v) is 2.79. The number of nitrogens with zero attached hydrogens (tertiary/aromatic N) is 1. The van der Waals surface area contributed by atoms with Gasteiger partial charge in [-0.25, -0.2) is 4.98 Å². The number of nitrogens with one attached hydrogen (secondary N) is 1. The third kappa shape index (κ3) is 5.27. The summed E-state index contributed by atoms with van der Waals surface area (Å²) in [6.07, 6.45) is 1.30. The standard InChI is InChI=1S/C12H15BrN2O3/c1-8(4-2-7-11(16)17)14-12(18)9-5-3-6-10(13)15-9/h3,5-6,8H,2,4,7H2,1H3,(H,14,18)(H,16,17). The average molecular weight is 315 g/mol. The van der Waals surface area contributed by atoms with E-state index in [-0.39, 0.29) is 18.4 Å². The molecule has 0 fully saturated rings. The minimum Gasteiger partial charge on any atom is -0.481 e. The highest BCUT2D eigenvalue weighted by molar-refractivity contribution is 9.10. The first-order valence-corrected chi connectivity index (χ1v) is 6.43. The van der Waals surface area contributed by atoms with Crippen molar-refractivity contribution in [1.82, 2.24) is 10.3 Å². The molecule has 0 aliphatic rings. The second kappa shape index (κ2) is 7.10. The highest BCUT2D eigenvalue weighted by Crippen LogP contribution is 2.07. The molecule has 1 aromatic rings. The van der Waals surface area contributed by atoms with Crippen molar-refractivity contribution in [1.29, 1.82) is 0 Å². The van der Waals surface area contributed by atoms with Gasteiger partial charge < -0.3 is 10.4 Å². The Morgan fingerprint density at radius 1 is 1.50 bits per heavy atom. The molecule has 1 amide bonds. The number of carboxylic acids is 1. The Kier molecular flexibility index (Phi) is 5.77. The Balaban J connectivity index is 2.42. The number of aromatic nitrogens is 1.